The Bertz CT molecular complexity index is 751. The van der Waals surface area contributed by atoms with Gasteiger partial charge in [0.25, 0.3) is 0 Å². The fourth-order valence-corrected chi connectivity index (χ4v) is 4.70. The lowest BCUT2D eigenvalue weighted by molar-refractivity contribution is 0.224. The van der Waals surface area contributed by atoms with Gasteiger partial charge in [-0.3, -0.25) is 0 Å². The van der Waals surface area contributed by atoms with Crippen LogP contribution in [0.1, 0.15) is 23.5 Å². The lowest BCUT2D eigenvalue weighted by Crippen LogP contribution is -2.00. The zero-order chi connectivity index (χ0) is 15.0. The Morgan fingerprint density at radius 3 is 2.71 bits per heavy atom. The molecule has 0 aliphatic rings. The molecule has 0 aliphatic carbocycles. The van der Waals surface area contributed by atoms with Gasteiger partial charge in [0.2, 0.25) is 0 Å². The molecule has 21 heavy (non-hydrogen) atoms. The monoisotopic (exact) mass is 358 g/mol. The van der Waals surface area contributed by atoms with Gasteiger partial charge in [0.15, 0.2) is 0 Å². The number of hydrogen-bond donors (Lipinski definition) is 1. The van der Waals surface area contributed by atoms with Crippen molar-refractivity contribution in [2.24, 2.45) is 0 Å². The smallest absolute Gasteiger partial charge is 0.139 e. The molecular formula is C15H12Cl2O2S2. The van der Waals surface area contributed by atoms with Gasteiger partial charge < -0.3 is 9.84 Å². The summed E-state index contributed by atoms with van der Waals surface area (Å²) in [5.74, 6) is 0.535. The second-order valence-electron chi connectivity index (χ2n) is 4.44. The van der Waals surface area contributed by atoms with E-state index in [1.165, 1.54) is 9.40 Å². The predicted molar refractivity (Wildman–Crippen MR) is 91.4 cm³/mol. The van der Waals surface area contributed by atoms with Crippen molar-refractivity contribution >= 4 is 55.3 Å². The molecule has 2 nitrogen and oxygen atoms in total. The Labute approximate surface area is 140 Å². The number of fused-ring (bicyclic) bond motifs is 1. The summed E-state index contributed by atoms with van der Waals surface area (Å²) in [6.07, 6.45) is -0.782. The normalized spacial score (nSPS) is 12.8. The molecule has 0 radical (unpaired) electrons. The summed E-state index contributed by atoms with van der Waals surface area (Å²) in [7, 11) is 0. The van der Waals surface area contributed by atoms with Crippen molar-refractivity contribution in [1.29, 1.82) is 0 Å². The lowest BCUT2D eigenvalue weighted by atomic mass is 10.1. The minimum Gasteiger partial charge on any atom is -0.492 e. The number of halogens is 2. The molecule has 2 aromatic heterocycles. The van der Waals surface area contributed by atoms with E-state index in [2.05, 4.69) is 0 Å². The number of ether oxygens (including phenoxy) is 1. The number of aliphatic hydroxyl groups excluding tert-OH is 1. The predicted octanol–water partition coefficient (Wildman–Crippen LogP) is 5.75. The van der Waals surface area contributed by atoms with Gasteiger partial charge in [-0.15, -0.1) is 22.7 Å². The largest absolute Gasteiger partial charge is 0.492 e. The zero-order valence-electron chi connectivity index (χ0n) is 11.1. The highest BCUT2D eigenvalue weighted by molar-refractivity contribution is 7.26. The Kier molecular flexibility index (Phi) is 4.43. The van der Waals surface area contributed by atoms with Crippen molar-refractivity contribution in [2.75, 3.05) is 6.61 Å². The molecule has 1 aromatic carbocycles. The van der Waals surface area contributed by atoms with Crippen LogP contribution in [0.5, 0.6) is 5.75 Å². The summed E-state index contributed by atoms with van der Waals surface area (Å²) >= 11 is 15.7. The molecule has 0 saturated heterocycles. The highest BCUT2D eigenvalue weighted by atomic mass is 35.5. The molecule has 110 valence electrons. The second kappa shape index (κ2) is 6.15. The highest BCUT2D eigenvalue weighted by Gasteiger charge is 2.19. The van der Waals surface area contributed by atoms with Crippen LogP contribution in [0.15, 0.2) is 29.6 Å². The summed E-state index contributed by atoms with van der Waals surface area (Å²) in [5, 5.41) is 13.5. The first kappa shape index (κ1) is 15.1. The third-order valence-corrected chi connectivity index (χ3v) is 5.84. The minimum atomic E-state index is -0.782. The van der Waals surface area contributed by atoms with E-state index in [1.54, 1.807) is 34.8 Å². The van der Waals surface area contributed by atoms with Crippen LogP contribution in [0.4, 0.5) is 0 Å². The maximum atomic E-state index is 10.6. The Balaban J connectivity index is 1.99. The minimum absolute atomic E-state index is 0.451. The molecule has 1 N–H and O–H groups in total. The van der Waals surface area contributed by atoms with Crippen LogP contribution in [0.3, 0.4) is 0 Å². The first-order valence-corrected chi connectivity index (χ1v) is 8.82. The Morgan fingerprint density at radius 1 is 1.19 bits per heavy atom. The second-order valence-corrected chi connectivity index (χ2v) is 7.32. The van der Waals surface area contributed by atoms with E-state index in [4.69, 9.17) is 27.9 Å². The number of aliphatic hydroxyl groups is 1. The zero-order valence-corrected chi connectivity index (χ0v) is 14.2. The molecule has 0 saturated carbocycles. The van der Waals surface area contributed by atoms with Gasteiger partial charge in [-0.05, 0) is 30.5 Å². The van der Waals surface area contributed by atoms with E-state index in [0.29, 0.717) is 28.0 Å². The van der Waals surface area contributed by atoms with Crippen LogP contribution >= 0.6 is 45.9 Å². The van der Waals surface area contributed by atoms with Crippen molar-refractivity contribution in [1.82, 2.24) is 0 Å². The fraction of sp³-hybridized carbons (Fsp3) is 0.200. The topological polar surface area (TPSA) is 29.5 Å². The number of benzene rings is 1. The molecule has 1 atom stereocenters. The molecule has 3 rings (SSSR count). The van der Waals surface area contributed by atoms with Crippen LogP contribution in [-0.4, -0.2) is 11.7 Å². The molecule has 1 unspecified atom stereocenters. The van der Waals surface area contributed by atoms with Crippen LogP contribution in [-0.2, 0) is 0 Å². The summed E-state index contributed by atoms with van der Waals surface area (Å²) in [5.41, 5.74) is 0.596. The number of thiophene rings is 2. The van der Waals surface area contributed by atoms with Crippen molar-refractivity contribution in [2.45, 2.75) is 13.0 Å². The number of rotatable bonds is 4. The maximum Gasteiger partial charge on any atom is 0.139 e. The quantitative estimate of drug-likeness (QED) is 0.643. The van der Waals surface area contributed by atoms with Gasteiger partial charge in [0.05, 0.1) is 16.7 Å². The average molecular weight is 359 g/mol. The van der Waals surface area contributed by atoms with Crippen LogP contribution in [0.25, 0.3) is 9.40 Å². The van der Waals surface area contributed by atoms with Crippen LogP contribution in [0.2, 0.25) is 10.0 Å². The maximum absolute atomic E-state index is 10.6. The van der Waals surface area contributed by atoms with E-state index in [9.17, 15) is 5.11 Å². The SMILES string of the molecule is CCOc1cc(Cl)c(C(O)c2cc3sccc3s2)cc1Cl. The van der Waals surface area contributed by atoms with Gasteiger partial charge in [-0.2, -0.15) is 0 Å². The summed E-state index contributed by atoms with van der Waals surface area (Å²) < 4.78 is 7.74. The third kappa shape index (κ3) is 2.91. The molecule has 2 heterocycles. The van der Waals surface area contributed by atoms with E-state index in [1.807, 2.05) is 24.4 Å². The molecule has 0 bridgehead atoms. The van der Waals surface area contributed by atoms with Gasteiger partial charge in [-0.1, -0.05) is 23.2 Å². The third-order valence-electron chi connectivity index (χ3n) is 3.07. The van der Waals surface area contributed by atoms with Gasteiger partial charge >= 0.3 is 0 Å². The highest BCUT2D eigenvalue weighted by Crippen LogP contribution is 2.40. The van der Waals surface area contributed by atoms with Crippen LogP contribution in [0, 0.1) is 0 Å². The van der Waals surface area contributed by atoms with Gasteiger partial charge in [0.1, 0.15) is 11.9 Å². The van der Waals surface area contributed by atoms with Crippen molar-refractivity contribution in [3.8, 4) is 5.75 Å². The van der Waals surface area contributed by atoms with Crippen molar-refractivity contribution < 1.29 is 9.84 Å². The number of hydrogen-bond acceptors (Lipinski definition) is 4. The van der Waals surface area contributed by atoms with E-state index in [0.717, 1.165) is 4.88 Å². The Morgan fingerprint density at radius 2 is 2.00 bits per heavy atom. The fourth-order valence-electron chi connectivity index (χ4n) is 2.09. The summed E-state index contributed by atoms with van der Waals surface area (Å²) in [6.45, 7) is 2.39. The summed E-state index contributed by atoms with van der Waals surface area (Å²) in [4.78, 5) is 0.860. The lowest BCUT2D eigenvalue weighted by Gasteiger charge is -2.14. The molecule has 0 fully saturated rings. The molecular weight excluding hydrogens is 347 g/mol. The van der Waals surface area contributed by atoms with Gasteiger partial charge in [0, 0.05) is 25.9 Å². The standard InChI is InChI=1S/C15H12Cl2O2S2/c1-2-19-11-6-9(16)8(5-10(11)17)15(18)14-7-13-12(21-14)3-4-20-13/h3-7,15,18H,2H2,1H3. The Hall–Kier alpha value is -0.780. The molecule has 0 aliphatic heterocycles. The molecule has 6 heteroatoms. The first-order valence-electron chi connectivity index (χ1n) is 6.37. The van der Waals surface area contributed by atoms with Gasteiger partial charge in [-0.25, -0.2) is 0 Å². The molecule has 0 spiro atoms. The molecule has 0 amide bonds. The van der Waals surface area contributed by atoms with Crippen molar-refractivity contribution in [3.05, 3.63) is 50.1 Å². The average Bonchev–Trinajstić information content (AvgIpc) is 3.03. The van der Waals surface area contributed by atoms with Crippen molar-refractivity contribution in [3.63, 3.8) is 0 Å². The summed E-state index contributed by atoms with van der Waals surface area (Å²) in [6, 6.07) is 7.37. The molecule has 3 aromatic rings. The first-order chi connectivity index (χ1) is 10.1. The van der Waals surface area contributed by atoms with Crippen LogP contribution < -0.4 is 4.74 Å². The van der Waals surface area contributed by atoms with E-state index >= 15 is 0 Å². The van der Waals surface area contributed by atoms with E-state index < -0.39 is 6.10 Å². The van der Waals surface area contributed by atoms with E-state index in [-0.39, 0.29) is 0 Å².